The fourth-order valence-electron chi connectivity index (χ4n) is 3.69. The summed E-state index contributed by atoms with van der Waals surface area (Å²) in [7, 11) is 0. The van der Waals surface area contributed by atoms with Gasteiger partial charge in [-0.15, -0.1) is 0 Å². The van der Waals surface area contributed by atoms with Crippen molar-refractivity contribution in [3.8, 4) is 0 Å². The minimum atomic E-state index is -1.24. The third kappa shape index (κ3) is 1.55. The normalized spacial score (nSPS) is 44.9. The van der Waals surface area contributed by atoms with Crippen molar-refractivity contribution >= 4 is 58.0 Å². The van der Waals surface area contributed by atoms with E-state index in [0.717, 1.165) is 0 Å². The molecule has 0 aromatic carbocycles. The molecule has 0 heterocycles. The van der Waals surface area contributed by atoms with Crippen molar-refractivity contribution in [2.24, 2.45) is 23.7 Å². The number of ketones is 2. The highest BCUT2D eigenvalue weighted by atomic mass is 35.5. The molecule has 3 rings (SSSR count). The lowest BCUT2D eigenvalue weighted by molar-refractivity contribution is -0.144. The molecule has 0 aromatic rings. The Bertz CT molecular complexity index is 392. The molecule has 4 atom stereocenters. The molecule has 0 unspecified atom stereocenters. The van der Waals surface area contributed by atoms with E-state index in [0.29, 0.717) is 25.7 Å². The van der Waals surface area contributed by atoms with Crippen LogP contribution in [0.3, 0.4) is 0 Å². The maximum absolute atomic E-state index is 11.8. The lowest BCUT2D eigenvalue weighted by Gasteiger charge is -2.53. The quantitative estimate of drug-likeness (QED) is 0.637. The second-order valence-electron chi connectivity index (χ2n) is 5.56. The van der Waals surface area contributed by atoms with E-state index in [1.807, 2.05) is 0 Å². The van der Waals surface area contributed by atoms with E-state index in [1.54, 1.807) is 0 Å². The average Bonchev–Trinajstić information content (AvgIpc) is 2.28. The molecule has 0 amide bonds. The molecule has 6 heteroatoms. The fourth-order valence-corrected chi connectivity index (χ4v) is 5.29. The van der Waals surface area contributed by atoms with Crippen LogP contribution in [0.1, 0.15) is 25.7 Å². The molecule has 0 N–H and O–H groups in total. The Morgan fingerprint density at radius 3 is 1.39 bits per heavy atom. The molecule has 0 saturated heterocycles. The summed E-state index contributed by atoms with van der Waals surface area (Å²) in [5, 5.41) is 0. The SMILES string of the molecule is O=C1[C@H]2CC[C@H]3C(=O)C(Cl)(Cl)[C@@H]3CC[C@H]2C1(Cl)Cl. The topological polar surface area (TPSA) is 34.1 Å². The van der Waals surface area contributed by atoms with Crippen molar-refractivity contribution in [3.63, 3.8) is 0 Å². The highest BCUT2D eigenvalue weighted by Crippen LogP contribution is 2.60. The number of hydrogen-bond donors (Lipinski definition) is 0. The largest absolute Gasteiger partial charge is 0.296 e. The van der Waals surface area contributed by atoms with Crippen molar-refractivity contribution in [1.29, 1.82) is 0 Å². The molecule has 100 valence electrons. The van der Waals surface area contributed by atoms with Crippen LogP contribution in [0.4, 0.5) is 0 Å². The minimum absolute atomic E-state index is 0.0193. The van der Waals surface area contributed by atoms with Crippen molar-refractivity contribution in [1.82, 2.24) is 0 Å². The Morgan fingerprint density at radius 1 is 0.722 bits per heavy atom. The number of rotatable bonds is 0. The van der Waals surface area contributed by atoms with Gasteiger partial charge in [0.15, 0.2) is 20.2 Å². The Labute approximate surface area is 125 Å². The summed E-state index contributed by atoms with van der Waals surface area (Å²) in [6.45, 7) is 0. The van der Waals surface area contributed by atoms with Crippen LogP contribution in [-0.4, -0.2) is 20.2 Å². The van der Waals surface area contributed by atoms with Gasteiger partial charge in [0.05, 0.1) is 0 Å². The summed E-state index contributed by atoms with van der Waals surface area (Å²) in [6, 6.07) is 0. The predicted octanol–water partition coefficient (Wildman–Crippen LogP) is 3.54. The van der Waals surface area contributed by atoms with Crippen LogP contribution < -0.4 is 0 Å². The van der Waals surface area contributed by atoms with Gasteiger partial charge in [0, 0.05) is 23.7 Å². The van der Waals surface area contributed by atoms with Crippen molar-refractivity contribution in [2.45, 2.75) is 34.3 Å². The van der Waals surface area contributed by atoms with E-state index in [1.165, 1.54) is 0 Å². The molecule has 2 nitrogen and oxygen atoms in total. The van der Waals surface area contributed by atoms with E-state index in [2.05, 4.69) is 0 Å². The number of hydrogen-bond acceptors (Lipinski definition) is 2. The molecule has 3 aliphatic rings. The molecule has 0 radical (unpaired) electrons. The maximum atomic E-state index is 11.8. The highest BCUT2D eigenvalue weighted by molar-refractivity contribution is 6.61. The second kappa shape index (κ2) is 4.00. The zero-order valence-corrected chi connectivity index (χ0v) is 12.5. The van der Waals surface area contributed by atoms with Gasteiger partial charge < -0.3 is 0 Å². The summed E-state index contributed by atoms with van der Waals surface area (Å²) < 4.78 is -2.49. The van der Waals surface area contributed by atoms with E-state index in [4.69, 9.17) is 46.4 Å². The Morgan fingerprint density at radius 2 is 1.06 bits per heavy atom. The number of Topliss-reactive ketones (excluding diaryl/α,β-unsaturated/α-hetero) is 2. The van der Waals surface area contributed by atoms with Gasteiger partial charge in [-0.25, -0.2) is 0 Å². The molecule has 0 aromatic heterocycles. The van der Waals surface area contributed by atoms with Gasteiger partial charge in [-0.3, -0.25) is 9.59 Å². The first-order valence-electron chi connectivity index (χ1n) is 6.12. The van der Waals surface area contributed by atoms with Crippen LogP contribution in [0.25, 0.3) is 0 Å². The van der Waals surface area contributed by atoms with E-state index in [-0.39, 0.29) is 35.2 Å². The fraction of sp³-hybridized carbons (Fsp3) is 0.833. The standard InChI is InChI=1S/C12H12Cl4O2/c13-11(14)7-3-4-8-6(10(18)12(8,15)16)2-1-5(7)9(11)17/h5-8H,1-4H2/t5-,6+,7-,8-/m1/s1. The van der Waals surface area contributed by atoms with Crippen LogP contribution >= 0.6 is 46.4 Å². The van der Waals surface area contributed by atoms with Crippen molar-refractivity contribution in [2.75, 3.05) is 0 Å². The number of halogens is 4. The van der Waals surface area contributed by atoms with Gasteiger partial charge in [-0.2, -0.15) is 0 Å². The first-order valence-corrected chi connectivity index (χ1v) is 7.63. The number of fused-ring (bicyclic) bond motifs is 2. The van der Waals surface area contributed by atoms with Gasteiger partial charge in [-0.1, -0.05) is 46.4 Å². The van der Waals surface area contributed by atoms with Gasteiger partial charge in [-0.05, 0) is 25.7 Å². The zero-order valence-electron chi connectivity index (χ0n) is 9.47. The molecule has 3 saturated carbocycles. The van der Waals surface area contributed by atoms with Gasteiger partial charge in [0.1, 0.15) is 0 Å². The lowest BCUT2D eigenvalue weighted by atomic mass is 9.58. The van der Waals surface area contributed by atoms with Crippen molar-refractivity contribution in [3.05, 3.63) is 0 Å². The average molecular weight is 330 g/mol. The first-order chi connectivity index (χ1) is 8.28. The number of carbonyl (C=O) groups is 2. The maximum Gasteiger partial charge on any atom is 0.179 e. The minimum Gasteiger partial charge on any atom is -0.296 e. The summed E-state index contributed by atoms with van der Waals surface area (Å²) in [5.41, 5.74) is 0. The Kier molecular flexibility index (Phi) is 3.00. The third-order valence-corrected chi connectivity index (χ3v) is 6.68. The van der Waals surface area contributed by atoms with Crippen LogP contribution in [-0.2, 0) is 9.59 Å². The zero-order chi connectivity index (χ0) is 13.3. The molecule has 3 aliphatic carbocycles. The molecule has 0 bridgehead atoms. The Hall–Kier alpha value is 0.500. The van der Waals surface area contributed by atoms with Gasteiger partial charge in [0.25, 0.3) is 0 Å². The third-order valence-electron chi connectivity index (χ3n) is 4.81. The summed E-state index contributed by atoms with van der Waals surface area (Å²) in [6.07, 6.45) is 2.75. The molecule has 18 heavy (non-hydrogen) atoms. The van der Waals surface area contributed by atoms with Gasteiger partial charge in [0.2, 0.25) is 0 Å². The Balaban J connectivity index is 1.78. The number of alkyl halides is 4. The molecule has 0 aliphatic heterocycles. The summed E-state index contributed by atoms with van der Waals surface area (Å²) >= 11 is 24.2. The second-order valence-corrected chi connectivity index (χ2v) is 8.33. The van der Waals surface area contributed by atoms with E-state index >= 15 is 0 Å². The van der Waals surface area contributed by atoms with E-state index < -0.39 is 8.67 Å². The molecular formula is C12H12Cl4O2. The molecule has 3 fully saturated rings. The molecular weight excluding hydrogens is 318 g/mol. The smallest absolute Gasteiger partial charge is 0.179 e. The van der Waals surface area contributed by atoms with Crippen LogP contribution in [0, 0.1) is 23.7 Å². The summed E-state index contributed by atoms with van der Waals surface area (Å²) in [5.74, 6) is -0.403. The van der Waals surface area contributed by atoms with Crippen LogP contribution in [0.5, 0.6) is 0 Å². The van der Waals surface area contributed by atoms with Crippen molar-refractivity contribution < 1.29 is 9.59 Å². The van der Waals surface area contributed by atoms with Crippen LogP contribution in [0.15, 0.2) is 0 Å². The first kappa shape index (κ1) is 13.5. The highest BCUT2D eigenvalue weighted by Gasteiger charge is 2.65. The number of carbonyl (C=O) groups excluding carboxylic acids is 2. The summed E-state index contributed by atoms with van der Waals surface area (Å²) in [4.78, 5) is 23.6. The lowest BCUT2D eigenvalue weighted by Crippen LogP contribution is -2.61. The molecule has 0 spiro atoms. The monoisotopic (exact) mass is 328 g/mol. The predicted molar refractivity (Wildman–Crippen MR) is 71.3 cm³/mol. The van der Waals surface area contributed by atoms with E-state index in [9.17, 15) is 9.59 Å². The van der Waals surface area contributed by atoms with Crippen LogP contribution in [0.2, 0.25) is 0 Å². The van der Waals surface area contributed by atoms with Gasteiger partial charge >= 0.3 is 0 Å².